The highest BCUT2D eigenvalue weighted by atomic mass is 19.1. The van der Waals surface area contributed by atoms with Gasteiger partial charge in [-0.3, -0.25) is 4.39 Å². The molecule has 1 aliphatic heterocycles. The lowest BCUT2D eigenvalue weighted by Gasteiger charge is -2.30. The first-order valence-corrected chi connectivity index (χ1v) is 4.66. The average Bonchev–Trinajstić information content (AvgIpc) is 2.19. The van der Waals surface area contributed by atoms with Gasteiger partial charge < -0.3 is 4.90 Å². The Bertz CT molecular complexity index is 191. The van der Waals surface area contributed by atoms with Gasteiger partial charge in [-0.25, -0.2) is 0 Å². The van der Waals surface area contributed by atoms with Crippen LogP contribution in [0.2, 0.25) is 0 Å². The van der Waals surface area contributed by atoms with Crippen LogP contribution in [0.3, 0.4) is 0 Å². The van der Waals surface area contributed by atoms with Crippen molar-refractivity contribution in [1.82, 2.24) is 4.90 Å². The summed E-state index contributed by atoms with van der Waals surface area (Å²) in [6, 6.07) is 0. The van der Waals surface area contributed by atoms with E-state index in [4.69, 9.17) is 5.53 Å². The van der Waals surface area contributed by atoms with E-state index in [0.29, 0.717) is 6.54 Å². The van der Waals surface area contributed by atoms with Crippen LogP contribution >= 0.6 is 0 Å². The molecule has 0 bridgehead atoms. The Hall–Kier alpha value is -0.800. The summed E-state index contributed by atoms with van der Waals surface area (Å²) in [5.74, 6) is 0.194. The summed E-state index contributed by atoms with van der Waals surface area (Å²) < 4.78 is 12.3. The zero-order chi connectivity index (χ0) is 9.52. The minimum atomic E-state index is -0.224. The highest BCUT2D eigenvalue weighted by molar-refractivity contribution is 4.72. The average molecular weight is 186 g/mol. The fourth-order valence-electron chi connectivity index (χ4n) is 1.71. The van der Waals surface area contributed by atoms with Crippen molar-refractivity contribution in [1.29, 1.82) is 0 Å². The molecule has 1 atom stereocenters. The second kappa shape index (κ2) is 5.78. The molecular weight excluding hydrogens is 171 g/mol. The highest BCUT2D eigenvalue weighted by Gasteiger charge is 2.18. The molecule has 0 N–H and O–H groups in total. The molecule has 0 radical (unpaired) electrons. The third-order valence-electron chi connectivity index (χ3n) is 2.40. The Morgan fingerprint density at radius 1 is 1.62 bits per heavy atom. The van der Waals surface area contributed by atoms with E-state index in [1.807, 2.05) is 0 Å². The van der Waals surface area contributed by atoms with Crippen LogP contribution in [-0.4, -0.2) is 37.8 Å². The minimum Gasteiger partial charge on any atom is -0.303 e. The lowest BCUT2D eigenvalue weighted by Crippen LogP contribution is -2.37. The van der Waals surface area contributed by atoms with E-state index in [1.54, 1.807) is 0 Å². The van der Waals surface area contributed by atoms with E-state index < -0.39 is 0 Å². The first-order valence-electron chi connectivity index (χ1n) is 4.66. The molecule has 4 nitrogen and oxygen atoms in total. The molecule has 0 amide bonds. The van der Waals surface area contributed by atoms with Gasteiger partial charge in [-0.15, -0.1) is 0 Å². The maximum atomic E-state index is 12.3. The number of piperidine rings is 1. The number of azide groups is 1. The second-order valence-corrected chi connectivity index (χ2v) is 3.42. The first kappa shape index (κ1) is 10.3. The highest BCUT2D eigenvalue weighted by Crippen LogP contribution is 2.16. The molecule has 0 saturated carbocycles. The molecule has 74 valence electrons. The van der Waals surface area contributed by atoms with Crippen molar-refractivity contribution in [3.63, 3.8) is 0 Å². The molecule has 0 aromatic rings. The number of nitrogens with zero attached hydrogens (tertiary/aromatic N) is 4. The summed E-state index contributed by atoms with van der Waals surface area (Å²) in [7, 11) is 0. The predicted octanol–water partition coefficient (Wildman–Crippen LogP) is 1.98. The van der Waals surface area contributed by atoms with Gasteiger partial charge in [-0.1, -0.05) is 5.11 Å². The van der Waals surface area contributed by atoms with Crippen molar-refractivity contribution in [3.05, 3.63) is 10.4 Å². The Morgan fingerprint density at radius 3 is 3.15 bits per heavy atom. The maximum Gasteiger partial charge on any atom is 0.0934 e. The van der Waals surface area contributed by atoms with Crippen LogP contribution in [0, 0.1) is 5.92 Å². The first-order chi connectivity index (χ1) is 6.36. The van der Waals surface area contributed by atoms with Crippen LogP contribution < -0.4 is 0 Å². The van der Waals surface area contributed by atoms with Crippen molar-refractivity contribution in [2.24, 2.45) is 11.0 Å². The van der Waals surface area contributed by atoms with Gasteiger partial charge in [0.2, 0.25) is 0 Å². The largest absolute Gasteiger partial charge is 0.303 e. The third kappa shape index (κ3) is 3.61. The van der Waals surface area contributed by atoms with Gasteiger partial charge in [0.05, 0.1) is 6.67 Å². The zero-order valence-corrected chi connectivity index (χ0v) is 7.69. The standard InChI is InChI=1S/C8H15FN4/c9-6-8-2-1-4-13(7-8)5-3-11-12-10/h8H,1-7H2. The van der Waals surface area contributed by atoms with Crippen LogP contribution in [0.1, 0.15) is 12.8 Å². The topological polar surface area (TPSA) is 52.0 Å². The quantitative estimate of drug-likeness (QED) is 0.376. The molecule has 1 rings (SSSR count). The molecule has 0 aromatic carbocycles. The normalized spacial score (nSPS) is 23.9. The molecule has 0 aromatic heterocycles. The molecule has 0 spiro atoms. The Balaban J connectivity index is 2.21. The van der Waals surface area contributed by atoms with Crippen molar-refractivity contribution in [2.45, 2.75) is 12.8 Å². The number of likely N-dealkylation sites (tertiary alicyclic amines) is 1. The minimum absolute atomic E-state index is 0.194. The van der Waals surface area contributed by atoms with Gasteiger partial charge in [-0.2, -0.15) is 0 Å². The maximum absolute atomic E-state index is 12.3. The van der Waals surface area contributed by atoms with E-state index in [-0.39, 0.29) is 12.6 Å². The molecular formula is C8H15FN4. The van der Waals surface area contributed by atoms with E-state index in [0.717, 1.165) is 32.5 Å². The second-order valence-electron chi connectivity index (χ2n) is 3.42. The fraction of sp³-hybridized carbons (Fsp3) is 1.00. The van der Waals surface area contributed by atoms with E-state index in [1.165, 1.54) is 0 Å². The summed E-state index contributed by atoms with van der Waals surface area (Å²) in [6.45, 7) is 2.86. The SMILES string of the molecule is [N-]=[N+]=NCCN1CCCC(CF)C1. The van der Waals surface area contributed by atoms with Gasteiger partial charge in [0.25, 0.3) is 0 Å². The zero-order valence-electron chi connectivity index (χ0n) is 7.69. The van der Waals surface area contributed by atoms with Crippen molar-refractivity contribution >= 4 is 0 Å². The van der Waals surface area contributed by atoms with Gasteiger partial charge in [0.15, 0.2) is 0 Å². The van der Waals surface area contributed by atoms with Crippen LogP contribution in [-0.2, 0) is 0 Å². The molecule has 13 heavy (non-hydrogen) atoms. The number of hydrogen-bond donors (Lipinski definition) is 0. The molecule has 1 heterocycles. The van der Waals surface area contributed by atoms with Crippen LogP contribution in [0.25, 0.3) is 10.4 Å². The van der Waals surface area contributed by atoms with Crippen molar-refractivity contribution < 1.29 is 4.39 Å². The predicted molar refractivity (Wildman–Crippen MR) is 49.2 cm³/mol. The van der Waals surface area contributed by atoms with E-state index in [9.17, 15) is 4.39 Å². The van der Waals surface area contributed by atoms with Gasteiger partial charge in [-0.05, 0) is 24.9 Å². The third-order valence-corrected chi connectivity index (χ3v) is 2.40. The Kier molecular flexibility index (Phi) is 4.57. The summed E-state index contributed by atoms with van der Waals surface area (Å²) in [6.07, 6.45) is 2.05. The van der Waals surface area contributed by atoms with Crippen LogP contribution in [0.5, 0.6) is 0 Å². The monoisotopic (exact) mass is 186 g/mol. The number of hydrogen-bond acceptors (Lipinski definition) is 2. The summed E-state index contributed by atoms with van der Waals surface area (Å²) in [5.41, 5.74) is 8.07. The molecule has 1 unspecified atom stereocenters. The molecule has 0 aliphatic carbocycles. The van der Waals surface area contributed by atoms with Crippen LogP contribution in [0.15, 0.2) is 5.11 Å². The van der Waals surface area contributed by atoms with Crippen LogP contribution in [0.4, 0.5) is 4.39 Å². The van der Waals surface area contributed by atoms with Crippen molar-refractivity contribution in [3.8, 4) is 0 Å². The van der Waals surface area contributed by atoms with E-state index in [2.05, 4.69) is 14.9 Å². The Labute approximate surface area is 77.3 Å². The number of alkyl halides is 1. The Morgan fingerprint density at radius 2 is 2.46 bits per heavy atom. The molecule has 1 fully saturated rings. The lowest BCUT2D eigenvalue weighted by molar-refractivity contribution is 0.157. The molecule has 5 heteroatoms. The van der Waals surface area contributed by atoms with E-state index >= 15 is 0 Å². The summed E-state index contributed by atoms with van der Waals surface area (Å²) in [5, 5.41) is 3.46. The van der Waals surface area contributed by atoms with Gasteiger partial charge in [0.1, 0.15) is 0 Å². The summed E-state index contributed by atoms with van der Waals surface area (Å²) >= 11 is 0. The smallest absolute Gasteiger partial charge is 0.0934 e. The fourth-order valence-corrected chi connectivity index (χ4v) is 1.71. The van der Waals surface area contributed by atoms with Gasteiger partial charge >= 0.3 is 0 Å². The number of halogens is 1. The summed E-state index contributed by atoms with van der Waals surface area (Å²) in [4.78, 5) is 4.85. The lowest BCUT2D eigenvalue weighted by atomic mass is 10.00. The number of rotatable bonds is 4. The molecule has 1 saturated heterocycles. The molecule has 1 aliphatic rings. The van der Waals surface area contributed by atoms with Gasteiger partial charge in [0, 0.05) is 30.5 Å². The van der Waals surface area contributed by atoms with Crippen molar-refractivity contribution in [2.75, 3.05) is 32.9 Å².